The van der Waals surface area contributed by atoms with Crippen molar-refractivity contribution in [2.45, 2.75) is 27.0 Å². The van der Waals surface area contributed by atoms with E-state index >= 15 is 0 Å². The molecular weight excluding hydrogens is 488 g/mol. The molecule has 4 aromatic carbocycles. The van der Waals surface area contributed by atoms with Crippen molar-refractivity contribution in [2.75, 3.05) is 12.4 Å². The first-order chi connectivity index (χ1) is 17.5. The Morgan fingerprint density at radius 2 is 1.69 bits per heavy atom. The lowest BCUT2D eigenvalue weighted by atomic mass is 10.1. The van der Waals surface area contributed by atoms with E-state index in [-0.39, 0.29) is 0 Å². The van der Waals surface area contributed by atoms with Gasteiger partial charge in [0.25, 0.3) is 0 Å². The summed E-state index contributed by atoms with van der Waals surface area (Å²) in [6.45, 7) is 5.19. The second kappa shape index (κ2) is 10.6. The number of hydrogen-bond donors (Lipinski definition) is 1. The molecule has 0 aliphatic carbocycles. The quantitative estimate of drug-likeness (QED) is 0.225. The zero-order valence-electron chi connectivity index (χ0n) is 20.5. The highest BCUT2D eigenvalue weighted by atomic mass is 35.5. The summed E-state index contributed by atoms with van der Waals surface area (Å²) in [5, 5.41) is 5.10. The minimum absolute atomic E-state index is 0.451. The summed E-state index contributed by atoms with van der Waals surface area (Å²) < 4.78 is 12.8. The second-order valence-corrected chi connectivity index (χ2v) is 10.2. The van der Waals surface area contributed by atoms with Crippen LogP contribution in [0.5, 0.6) is 11.5 Å². The molecule has 1 aromatic heterocycles. The molecule has 0 saturated heterocycles. The summed E-state index contributed by atoms with van der Waals surface area (Å²) in [4.78, 5) is 4.78. The van der Waals surface area contributed by atoms with E-state index in [4.69, 9.17) is 26.1 Å². The van der Waals surface area contributed by atoms with Crippen molar-refractivity contribution in [3.05, 3.63) is 106 Å². The number of aromatic nitrogens is 1. The predicted molar refractivity (Wildman–Crippen MR) is 151 cm³/mol. The molecule has 0 bridgehead atoms. The Kier molecular flexibility index (Phi) is 7.12. The molecule has 0 saturated carbocycles. The van der Waals surface area contributed by atoms with Crippen LogP contribution in [-0.4, -0.2) is 12.1 Å². The Morgan fingerprint density at radius 3 is 2.47 bits per heavy atom. The molecule has 6 heteroatoms. The highest BCUT2D eigenvalue weighted by molar-refractivity contribution is 7.21. The Bertz CT molecular complexity index is 1510. The highest BCUT2D eigenvalue weighted by Gasteiger charge is 2.12. The van der Waals surface area contributed by atoms with E-state index in [1.807, 2.05) is 24.3 Å². The monoisotopic (exact) mass is 514 g/mol. The highest BCUT2D eigenvalue weighted by Crippen LogP contribution is 2.35. The third kappa shape index (κ3) is 5.48. The average molecular weight is 515 g/mol. The van der Waals surface area contributed by atoms with Crippen molar-refractivity contribution in [3.63, 3.8) is 0 Å². The molecular formula is C30H27ClN2O2S. The number of ether oxygens (including phenoxy) is 2. The second-order valence-electron chi connectivity index (χ2n) is 8.79. The molecule has 0 atom stereocenters. The molecule has 0 aliphatic rings. The number of rotatable bonds is 8. The minimum atomic E-state index is 0.451. The summed E-state index contributed by atoms with van der Waals surface area (Å²) in [6.07, 6.45) is 0. The maximum absolute atomic E-state index is 6.60. The van der Waals surface area contributed by atoms with Crippen LogP contribution < -0.4 is 14.8 Å². The fourth-order valence-electron chi connectivity index (χ4n) is 4.03. The number of anilines is 1. The van der Waals surface area contributed by atoms with Crippen LogP contribution in [0.4, 0.5) is 5.69 Å². The molecule has 0 radical (unpaired) electrons. The molecule has 5 rings (SSSR count). The van der Waals surface area contributed by atoms with Gasteiger partial charge in [0.1, 0.15) is 11.6 Å². The van der Waals surface area contributed by atoms with Crippen molar-refractivity contribution >= 4 is 38.8 Å². The lowest BCUT2D eigenvalue weighted by Gasteiger charge is -2.15. The molecule has 1 heterocycles. The van der Waals surface area contributed by atoms with E-state index < -0.39 is 0 Å². The van der Waals surface area contributed by atoms with Gasteiger partial charge in [-0.05, 0) is 73.0 Å². The van der Waals surface area contributed by atoms with Crippen LogP contribution in [0.15, 0.2) is 78.9 Å². The lowest BCUT2D eigenvalue weighted by Crippen LogP contribution is -2.03. The van der Waals surface area contributed by atoms with Crippen LogP contribution in [0.25, 0.3) is 20.8 Å². The van der Waals surface area contributed by atoms with Crippen LogP contribution in [0.2, 0.25) is 5.02 Å². The Hall–Kier alpha value is -3.54. The maximum Gasteiger partial charge on any atom is 0.163 e. The number of benzene rings is 4. The molecule has 182 valence electrons. The lowest BCUT2D eigenvalue weighted by molar-refractivity contribution is 0.284. The molecule has 0 fully saturated rings. The first-order valence-electron chi connectivity index (χ1n) is 11.7. The van der Waals surface area contributed by atoms with Crippen molar-refractivity contribution in [2.24, 2.45) is 0 Å². The molecule has 5 aromatic rings. The van der Waals surface area contributed by atoms with Crippen LogP contribution in [0.1, 0.15) is 22.3 Å². The molecule has 4 nitrogen and oxygen atoms in total. The zero-order chi connectivity index (χ0) is 25.1. The van der Waals surface area contributed by atoms with Gasteiger partial charge in [-0.3, -0.25) is 0 Å². The first kappa shape index (κ1) is 24.2. The van der Waals surface area contributed by atoms with Crippen LogP contribution in [0.3, 0.4) is 0 Å². The minimum Gasteiger partial charge on any atom is -0.493 e. The summed E-state index contributed by atoms with van der Waals surface area (Å²) in [5.74, 6) is 1.29. The predicted octanol–water partition coefficient (Wildman–Crippen LogP) is 8.43. The maximum atomic E-state index is 6.60. The normalized spacial score (nSPS) is 11.0. The van der Waals surface area contributed by atoms with Crippen molar-refractivity contribution < 1.29 is 9.47 Å². The van der Waals surface area contributed by atoms with Gasteiger partial charge in [-0.1, -0.05) is 47.5 Å². The van der Waals surface area contributed by atoms with Gasteiger partial charge in [0.05, 0.1) is 17.3 Å². The number of fused-ring (bicyclic) bond motifs is 1. The summed E-state index contributed by atoms with van der Waals surface area (Å²) in [5.41, 5.74) is 7.63. The van der Waals surface area contributed by atoms with E-state index in [0.717, 1.165) is 32.9 Å². The molecule has 0 unspecified atom stereocenters. The third-order valence-corrected chi connectivity index (χ3v) is 7.39. The van der Waals surface area contributed by atoms with Gasteiger partial charge in [-0.15, -0.1) is 11.3 Å². The summed E-state index contributed by atoms with van der Waals surface area (Å²) in [7, 11) is 1.64. The zero-order valence-corrected chi connectivity index (χ0v) is 22.0. The van der Waals surface area contributed by atoms with E-state index in [0.29, 0.717) is 29.7 Å². The average Bonchev–Trinajstić information content (AvgIpc) is 3.30. The van der Waals surface area contributed by atoms with Gasteiger partial charge in [0.2, 0.25) is 0 Å². The van der Waals surface area contributed by atoms with Crippen molar-refractivity contribution in [1.29, 1.82) is 0 Å². The topological polar surface area (TPSA) is 43.4 Å². The van der Waals surface area contributed by atoms with Gasteiger partial charge in [0.15, 0.2) is 11.5 Å². The molecule has 0 amide bonds. The largest absolute Gasteiger partial charge is 0.493 e. The number of thiazole rings is 1. The summed E-state index contributed by atoms with van der Waals surface area (Å²) in [6, 6.07) is 26.7. The summed E-state index contributed by atoms with van der Waals surface area (Å²) >= 11 is 8.32. The van der Waals surface area contributed by atoms with Gasteiger partial charge < -0.3 is 14.8 Å². The van der Waals surface area contributed by atoms with E-state index in [9.17, 15) is 0 Å². The number of aryl methyl sites for hydroxylation is 2. The smallest absolute Gasteiger partial charge is 0.163 e. The number of halogens is 1. The number of methoxy groups -OCH3 is 1. The Morgan fingerprint density at radius 1 is 0.889 bits per heavy atom. The number of nitrogens with one attached hydrogen (secondary N) is 1. The number of nitrogens with zero attached hydrogens (tertiary/aromatic N) is 1. The third-order valence-electron chi connectivity index (χ3n) is 5.97. The van der Waals surface area contributed by atoms with Crippen molar-refractivity contribution in [1.82, 2.24) is 4.98 Å². The molecule has 0 spiro atoms. The number of hydrogen-bond acceptors (Lipinski definition) is 5. The van der Waals surface area contributed by atoms with Gasteiger partial charge in [-0.25, -0.2) is 4.98 Å². The molecule has 0 aliphatic heterocycles. The fraction of sp³-hybridized carbons (Fsp3) is 0.167. The molecule has 1 N–H and O–H groups in total. The van der Waals surface area contributed by atoms with Gasteiger partial charge >= 0.3 is 0 Å². The van der Waals surface area contributed by atoms with Crippen molar-refractivity contribution in [3.8, 4) is 22.1 Å². The fourth-order valence-corrected chi connectivity index (χ4v) is 5.32. The van der Waals surface area contributed by atoms with Gasteiger partial charge in [0, 0.05) is 28.9 Å². The standard InChI is InChI=1S/C30H27ClN2O2S/c1-19-5-4-6-21(13-19)18-35-28-16-25(31)23(15-27(28)34-3)17-32-24-10-8-22(9-11-24)30-33-26-12-7-20(2)14-29(26)36-30/h4-16,32H,17-18H2,1-3H3. The van der Waals surface area contributed by atoms with E-state index in [1.54, 1.807) is 18.4 Å². The van der Waals surface area contributed by atoms with E-state index in [2.05, 4.69) is 73.8 Å². The molecule has 36 heavy (non-hydrogen) atoms. The Balaban J connectivity index is 1.26. The van der Waals surface area contributed by atoms with Crippen LogP contribution in [0, 0.1) is 13.8 Å². The first-order valence-corrected chi connectivity index (χ1v) is 12.9. The van der Waals surface area contributed by atoms with Crippen LogP contribution >= 0.6 is 22.9 Å². The van der Waals surface area contributed by atoms with Crippen LogP contribution in [-0.2, 0) is 13.2 Å². The van der Waals surface area contributed by atoms with E-state index in [1.165, 1.54) is 15.8 Å². The Labute approximate surface area is 220 Å². The van der Waals surface area contributed by atoms with Gasteiger partial charge in [-0.2, -0.15) is 0 Å². The SMILES string of the molecule is COc1cc(CNc2ccc(-c3nc4ccc(C)cc4s3)cc2)c(Cl)cc1OCc1cccc(C)c1.